The number of ether oxygens (including phenoxy) is 1. The van der Waals surface area contributed by atoms with Gasteiger partial charge in [0.2, 0.25) is 0 Å². The predicted molar refractivity (Wildman–Crippen MR) is 80.1 cm³/mol. The molecular weight excluding hydrogens is 307 g/mol. The van der Waals surface area contributed by atoms with Gasteiger partial charge in [-0.2, -0.15) is 0 Å². The van der Waals surface area contributed by atoms with E-state index < -0.39 is 4.58 Å². The minimum Gasteiger partial charge on any atom is -0.377 e. The summed E-state index contributed by atoms with van der Waals surface area (Å²) in [5.74, 6) is 0.266. The van der Waals surface area contributed by atoms with Crippen LogP contribution in [0.15, 0.2) is 30.3 Å². The van der Waals surface area contributed by atoms with Crippen LogP contribution in [0.25, 0.3) is 0 Å². The van der Waals surface area contributed by atoms with Crippen molar-refractivity contribution in [2.45, 2.75) is 49.7 Å². The van der Waals surface area contributed by atoms with Crippen molar-refractivity contribution in [3.63, 3.8) is 0 Å². The Bertz CT molecular complexity index is 366. The maximum Gasteiger partial charge on any atom is 0.168 e. The van der Waals surface area contributed by atoms with Crippen LogP contribution < -0.4 is 0 Å². The summed E-state index contributed by atoms with van der Waals surface area (Å²) in [5, 5.41) is 0. The molecule has 1 saturated carbocycles. The molecular formula is C16H22BrFO. The van der Waals surface area contributed by atoms with Crippen molar-refractivity contribution in [2.75, 3.05) is 6.61 Å². The van der Waals surface area contributed by atoms with Crippen LogP contribution in [0.2, 0.25) is 0 Å². The molecule has 0 saturated heterocycles. The SMILES string of the molecule is FC1(Br)CC1CCCCCCOCc1ccccc1. The molecule has 1 aromatic carbocycles. The van der Waals surface area contributed by atoms with Crippen LogP contribution in [-0.4, -0.2) is 11.2 Å². The molecule has 3 heteroatoms. The molecule has 0 heterocycles. The van der Waals surface area contributed by atoms with Crippen LogP contribution in [-0.2, 0) is 11.3 Å². The van der Waals surface area contributed by atoms with E-state index in [-0.39, 0.29) is 5.92 Å². The number of unbranched alkanes of at least 4 members (excludes halogenated alkanes) is 3. The number of rotatable bonds is 9. The monoisotopic (exact) mass is 328 g/mol. The zero-order chi connectivity index (χ0) is 13.6. The second-order valence-corrected chi connectivity index (χ2v) is 6.72. The summed E-state index contributed by atoms with van der Waals surface area (Å²) in [5.41, 5.74) is 1.23. The van der Waals surface area contributed by atoms with Crippen molar-refractivity contribution >= 4 is 15.9 Å². The fourth-order valence-electron chi connectivity index (χ4n) is 2.30. The number of hydrogen-bond donors (Lipinski definition) is 0. The summed E-state index contributed by atoms with van der Waals surface area (Å²) >= 11 is 3.09. The molecule has 1 fully saturated rings. The van der Waals surface area contributed by atoms with Crippen molar-refractivity contribution in [1.82, 2.24) is 0 Å². The molecule has 1 aromatic rings. The normalized spacial score (nSPS) is 25.5. The zero-order valence-corrected chi connectivity index (χ0v) is 12.9. The lowest BCUT2D eigenvalue weighted by Crippen LogP contribution is -1.96. The lowest BCUT2D eigenvalue weighted by molar-refractivity contribution is 0.116. The lowest BCUT2D eigenvalue weighted by Gasteiger charge is -2.04. The molecule has 0 spiro atoms. The van der Waals surface area contributed by atoms with E-state index in [4.69, 9.17) is 4.74 Å². The molecule has 0 N–H and O–H groups in total. The summed E-state index contributed by atoms with van der Waals surface area (Å²) in [6.45, 7) is 1.53. The Morgan fingerprint density at radius 2 is 1.84 bits per heavy atom. The van der Waals surface area contributed by atoms with Crippen molar-refractivity contribution < 1.29 is 9.13 Å². The van der Waals surface area contributed by atoms with E-state index in [9.17, 15) is 4.39 Å². The summed E-state index contributed by atoms with van der Waals surface area (Å²) < 4.78 is 17.8. The largest absolute Gasteiger partial charge is 0.377 e. The Hall–Kier alpha value is -0.410. The highest BCUT2D eigenvalue weighted by molar-refractivity contribution is 9.10. The number of halogens is 2. The van der Waals surface area contributed by atoms with Crippen molar-refractivity contribution in [2.24, 2.45) is 5.92 Å². The van der Waals surface area contributed by atoms with Crippen molar-refractivity contribution in [1.29, 1.82) is 0 Å². The van der Waals surface area contributed by atoms with E-state index in [1.165, 1.54) is 18.4 Å². The summed E-state index contributed by atoms with van der Waals surface area (Å²) in [7, 11) is 0. The molecule has 19 heavy (non-hydrogen) atoms. The van der Waals surface area contributed by atoms with Gasteiger partial charge in [-0.1, -0.05) is 49.6 Å². The molecule has 0 aliphatic heterocycles. The molecule has 1 nitrogen and oxygen atoms in total. The molecule has 2 rings (SSSR count). The molecule has 0 amide bonds. The van der Waals surface area contributed by atoms with E-state index in [2.05, 4.69) is 28.1 Å². The zero-order valence-electron chi connectivity index (χ0n) is 11.3. The highest BCUT2D eigenvalue weighted by Crippen LogP contribution is 2.54. The third kappa shape index (κ3) is 5.62. The first-order chi connectivity index (χ1) is 9.18. The second-order valence-electron chi connectivity index (χ2n) is 5.40. The summed E-state index contributed by atoms with van der Waals surface area (Å²) in [6.07, 6.45) is 6.34. The van der Waals surface area contributed by atoms with Gasteiger partial charge < -0.3 is 4.74 Å². The van der Waals surface area contributed by atoms with Gasteiger partial charge in [-0.05, 0) is 40.8 Å². The molecule has 2 atom stereocenters. The smallest absolute Gasteiger partial charge is 0.168 e. The Morgan fingerprint density at radius 3 is 2.53 bits per heavy atom. The first kappa shape index (κ1) is 15.0. The highest BCUT2D eigenvalue weighted by atomic mass is 79.9. The van der Waals surface area contributed by atoms with Gasteiger partial charge in [-0.3, -0.25) is 0 Å². The van der Waals surface area contributed by atoms with Gasteiger partial charge in [-0.25, -0.2) is 4.39 Å². The van der Waals surface area contributed by atoms with E-state index >= 15 is 0 Å². The third-order valence-electron chi connectivity index (χ3n) is 3.66. The van der Waals surface area contributed by atoms with Gasteiger partial charge in [0.15, 0.2) is 4.58 Å². The van der Waals surface area contributed by atoms with Gasteiger partial charge in [0.1, 0.15) is 0 Å². The van der Waals surface area contributed by atoms with Crippen LogP contribution in [0.3, 0.4) is 0 Å². The minimum absolute atomic E-state index is 0.266. The van der Waals surface area contributed by atoms with Gasteiger partial charge in [0.25, 0.3) is 0 Å². The van der Waals surface area contributed by atoms with E-state index in [0.29, 0.717) is 13.0 Å². The fraction of sp³-hybridized carbons (Fsp3) is 0.625. The van der Waals surface area contributed by atoms with Crippen LogP contribution in [0.4, 0.5) is 4.39 Å². The van der Waals surface area contributed by atoms with E-state index in [0.717, 1.165) is 25.9 Å². The average Bonchev–Trinajstić information content (AvgIpc) is 3.01. The van der Waals surface area contributed by atoms with Crippen LogP contribution in [0.1, 0.15) is 44.1 Å². The number of hydrogen-bond acceptors (Lipinski definition) is 1. The summed E-state index contributed by atoms with van der Waals surface area (Å²) in [4.78, 5) is 0. The van der Waals surface area contributed by atoms with Crippen LogP contribution >= 0.6 is 15.9 Å². The van der Waals surface area contributed by atoms with Gasteiger partial charge in [-0.15, -0.1) is 0 Å². The van der Waals surface area contributed by atoms with Crippen molar-refractivity contribution in [3.05, 3.63) is 35.9 Å². The maximum absolute atomic E-state index is 13.2. The van der Waals surface area contributed by atoms with Crippen LogP contribution in [0.5, 0.6) is 0 Å². The second kappa shape index (κ2) is 7.39. The first-order valence-corrected chi connectivity index (χ1v) is 7.97. The Labute approximate surface area is 123 Å². The standard InChI is InChI=1S/C16H22BrFO/c17-16(18)12-15(16)10-6-1-2-7-11-19-13-14-8-4-3-5-9-14/h3-5,8-9,15H,1-2,6-7,10-13H2. The topological polar surface area (TPSA) is 9.23 Å². The van der Waals surface area contributed by atoms with E-state index in [1.807, 2.05) is 18.2 Å². The molecule has 0 radical (unpaired) electrons. The van der Waals surface area contributed by atoms with Gasteiger partial charge in [0.05, 0.1) is 6.61 Å². The fourth-order valence-corrected chi connectivity index (χ4v) is 2.92. The molecule has 1 aliphatic rings. The molecule has 0 bridgehead atoms. The number of benzene rings is 1. The quantitative estimate of drug-likeness (QED) is 0.445. The molecule has 2 unspecified atom stereocenters. The molecule has 0 aromatic heterocycles. The summed E-state index contributed by atoms with van der Waals surface area (Å²) in [6, 6.07) is 10.2. The first-order valence-electron chi connectivity index (χ1n) is 7.18. The third-order valence-corrected chi connectivity index (χ3v) is 4.63. The highest BCUT2D eigenvalue weighted by Gasteiger charge is 2.52. The molecule has 1 aliphatic carbocycles. The molecule has 106 valence electrons. The van der Waals surface area contributed by atoms with Gasteiger partial charge in [0, 0.05) is 12.5 Å². The lowest BCUT2D eigenvalue weighted by atomic mass is 10.1. The number of alkyl halides is 2. The van der Waals surface area contributed by atoms with Crippen LogP contribution in [0, 0.1) is 5.92 Å². The predicted octanol–water partition coefficient (Wildman–Crippen LogP) is 5.23. The van der Waals surface area contributed by atoms with Crippen molar-refractivity contribution in [3.8, 4) is 0 Å². The Morgan fingerprint density at radius 1 is 1.16 bits per heavy atom. The Kier molecular flexibility index (Phi) is 5.83. The maximum atomic E-state index is 13.2. The van der Waals surface area contributed by atoms with Gasteiger partial charge >= 0.3 is 0 Å². The van der Waals surface area contributed by atoms with E-state index in [1.54, 1.807) is 0 Å². The average molecular weight is 329 g/mol. The minimum atomic E-state index is -1.02. The Balaban J connectivity index is 1.39.